The van der Waals surface area contributed by atoms with Crippen LogP contribution in [0.1, 0.15) is 29.0 Å². The zero-order valence-electron chi connectivity index (χ0n) is 15.1. The number of carboxylic acid groups (broad SMARTS) is 1. The van der Waals surface area contributed by atoms with Crippen LogP contribution in [0.4, 0.5) is 5.69 Å². The molecule has 1 amide bonds. The molecule has 148 valence electrons. The molecule has 1 saturated heterocycles. The summed E-state index contributed by atoms with van der Waals surface area (Å²) in [5.41, 5.74) is 0.534. The number of aromatic nitrogens is 3. The highest BCUT2D eigenvalue weighted by Gasteiger charge is 2.32. The minimum atomic E-state index is -1.15. The van der Waals surface area contributed by atoms with Crippen molar-refractivity contribution in [2.75, 3.05) is 13.2 Å². The second-order valence-electron chi connectivity index (χ2n) is 6.48. The van der Waals surface area contributed by atoms with Crippen molar-refractivity contribution in [2.45, 2.75) is 25.8 Å². The van der Waals surface area contributed by atoms with Gasteiger partial charge in [-0.25, -0.2) is 9.48 Å². The van der Waals surface area contributed by atoms with E-state index >= 15 is 0 Å². The maximum absolute atomic E-state index is 12.6. The van der Waals surface area contributed by atoms with E-state index in [9.17, 15) is 24.8 Å². The number of benzene rings is 1. The fraction of sp³-hybridized carbons (Fsp3) is 0.412. The first-order chi connectivity index (χ1) is 13.4. The Bertz CT molecular complexity index is 905. The predicted molar refractivity (Wildman–Crippen MR) is 95.2 cm³/mol. The number of hydrogen-bond acceptors (Lipinski definition) is 7. The molecule has 2 atom stereocenters. The highest BCUT2D eigenvalue weighted by molar-refractivity contribution is 5.95. The number of nitrogens with one attached hydrogen (secondary N) is 1. The molecule has 2 aromatic rings. The molecule has 0 saturated carbocycles. The standard InChI is InChI=1S/C17H19N5O6/c1-10-14(16(23)18-15(17(24)25)11-4-3-7-28-9-11)19-20-21(10)12-5-2-6-13(8-12)22(26)27/h2,5-6,8,11,15H,3-4,7,9H2,1H3,(H,18,23)(H,24,25). The van der Waals surface area contributed by atoms with Gasteiger partial charge in [0.25, 0.3) is 11.6 Å². The van der Waals surface area contributed by atoms with Crippen molar-refractivity contribution in [2.24, 2.45) is 5.92 Å². The molecule has 0 bridgehead atoms. The van der Waals surface area contributed by atoms with E-state index in [2.05, 4.69) is 15.6 Å². The van der Waals surface area contributed by atoms with Crippen molar-refractivity contribution in [1.82, 2.24) is 20.3 Å². The van der Waals surface area contributed by atoms with Crippen molar-refractivity contribution in [3.8, 4) is 5.69 Å². The molecule has 2 heterocycles. The molecule has 11 nitrogen and oxygen atoms in total. The van der Waals surface area contributed by atoms with E-state index in [0.29, 0.717) is 24.4 Å². The van der Waals surface area contributed by atoms with Crippen molar-refractivity contribution >= 4 is 17.6 Å². The Labute approximate surface area is 159 Å². The molecule has 3 rings (SSSR count). The van der Waals surface area contributed by atoms with Gasteiger partial charge in [-0.15, -0.1) is 5.10 Å². The summed E-state index contributed by atoms with van der Waals surface area (Å²) < 4.78 is 6.61. The number of nitrogens with zero attached hydrogens (tertiary/aromatic N) is 4. The van der Waals surface area contributed by atoms with Gasteiger partial charge in [0, 0.05) is 24.7 Å². The molecule has 2 unspecified atom stereocenters. The van der Waals surface area contributed by atoms with Gasteiger partial charge in [-0.05, 0) is 25.8 Å². The van der Waals surface area contributed by atoms with Crippen LogP contribution in [0.2, 0.25) is 0 Å². The van der Waals surface area contributed by atoms with E-state index in [1.54, 1.807) is 13.0 Å². The second kappa shape index (κ2) is 8.13. The van der Waals surface area contributed by atoms with Crippen molar-refractivity contribution in [3.63, 3.8) is 0 Å². The molecular formula is C17H19N5O6. The molecule has 1 fully saturated rings. The van der Waals surface area contributed by atoms with Gasteiger partial charge >= 0.3 is 5.97 Å². The minimum Gasteiger partial charge on any atom is -0.480 e. The minimum absolute atomic E-state index is 0.0468. The van der Waals surface area contributed by atoms with E-state index in [1.807, 2.05) is 0 Å². The Hall–Kier alpha value is -3.34. The summed E-state index contributed by atoms with van der Waals surface area (Å²) in [7, 11) is 0. The summed E-state index contributed by atoms with van der Waals surface area (Å²) in [5.74, 6) is -2.15. The molecule has 1 aliphatic heterocycles. The van der Waals surface area contributed by atoms with Gasteiger partial charge < -0.3 is 15.2 Å². The highest BCUT2D eigenvalue weighted by atomic mass is 16.6. The number of hydrogen-bond donors (Lipinski definition) is 2. The van der Waals surface area contributed by atoms with E-state index in [0.717, 1.165) is 6.42 Å². The SMILES string of the molecule is Cc1c(C(=O)NC(C(=O)O)C2CCCOC2)nnn1-c1cccc([N+](=O)[O-])c1. The first kappa shape index (κ1) is 19.4. The molecule has 1 aromatic heterocycles. The Morgan fingerprint density at radius 1 is 1.46 bits per heavy atom. The van der Waals surface area contributed by atoms with Crippen molar-refractivity contribution < 1.29 is 24.4 Å². The summed E-state index contributed by atoms with van der Waals surface area (Å²) in [6.45, 7) is 2.41. The molecule has 2 N–H and O–H groups in total. The first-order valence-corrected chi connectivity index (χ1v) is 8.67. The zero-order chi connectivity index (χ0) is 20.3. The molecule has 1 aliphatic rings. The number of rotatable bonds is 6. The van der Waals surface area contributed by atoms with Crippen LogP contribution in [0.5, 0.6) is 0 Å². The lowest BCUT2D eigenvalue weighted by molar-refractivity contribution is -0.384. The number of nitro groups is 1. The topological polar surface area (TPSA) is 149 Å². The monoisotopic (exact) mass is 389 g/mol. The first-order valence-electron chi connectivity index (χ1n) is 8.67. The van der Waals surface area contributed by atoms with Crippen LogP contribution in [0.15, 0.2) is 24.3 Å². The van der Waals surface area contributed by atoms with Crippen molar-refractivity contribution in [1.29, 1.82) is 0 Å². The summed E-state index contributed by atoms with van der Waals surface area (Å²) in [4.78, 5) is 34.6. The largest absolute Gasteiger partial charge is 0.480 e. The number of amides is 1. The Balaban J connectivity index is 1.82. The molecule has 0 radical (unpaired) electrons. The number of ether oxygens (including phenoxy) is 1. The maximum Gasteiger partial charge on any atom is 0.326 e. The number of carbonyl (C=O) groups excluding carboxylic acids is 1. The summed E-state index contributed by atoms with van der Waals surface area (Å²) in [6, 6.07) is 4.64. The highest BCUT2D eigenvalue weighted by Crippen LogP contribution is 2.20. The van der Waals surface area contributed by atoms with Gasteiger partial charge in [0.05, 0.1) is 22.9 Å². The van der Waals surface area contributed by atoms with E-state index in [4.69, 9.17) is 4.74 Å². The van der Waals surface area contributed by atoms with Crippen LogP contribution in [0.3, 0.4) is 0 Å². The molecular weight excluding hydrogens is 370 g/mol. The van der Waals surface area contributed by atoms with E-state index < -0.39 is 22.8 Å². The Kier molecular flexibility index (Phi) is 5.64. The third kappa shape index (κ3) is 3.98. The van der Waals surface area contributed by atoms with Gasteiger partial charge in [-0.1, -0.05) is 11.3 Å². The van der Waals surface area contributed by atoms with Gasteiger partial charge in [0.15, 0.2) is 5.69 Å². The van der Waals surface area contributed by atoms with E-state index in [-0.39, 0.29) is 23.9 Å². The molecule has 11 heteroatoms. The molecule has 0 aliphatic carbocycles. The number of aliphatic carboxylic acids is 1. The van der Waals surface area contributed by atoms with Crippen LogP contribution < -0.4 is 5.32 Å². The third-order valence-corrected chi connectivity index (χ3v) is 4.61. The third-order valence-electron chi connectivity index (χ3n) is 4.61. The Morgan fingerprint density at radius 3 is 2.89 bits per heavy atom. The van der Waals surface area contributed by atoms with Gasteiger partial charge in [-0.2, -0.15) is 0 Å². The van der Waals surface area contributed by atoms with Crippen molar-refractivity contribution in [3.05, 3.63) is 45.8 Å². The van der Waals surface area contributed by atoms with Crippen LogP contribution in [0, 0.1) is 23.0 Å². The number of non-ortho nitro benzene ring substituents is 1. The van der Waals surface area contributed by atoms with Gasteiger partial charge in [0.2, 0.25) is 0 Å². The Morgan fingerprint density at radius 2 is 2.25 bits per heavy atom. The van der Waals surface area contributed by atoms with Gasteiger partial charge in [-0.3, -0.25) is 14.9 Å². The summed E-state index contributed by atoms with van der Waals surface area (Å²) in [5, 5.41) is 30.6. The smallest absolute Gasteiger partial charge is 0.326 e. The number of carbonyl (C=O) groups is 2. The number of nitro benzene ring substituents is 1. The van der Waals surface area contributed by atoms with Crippen LogP contribution in [0.25, 0.3) is 5.69 Å². The van der Waals surface area contributed by atoms with Crippen LogP contribution in [-0.4, -0.2) is 56.2 Å². The quantitative estimate of drug-likeness (QED) is 0.551. The molecule has 0 spiro atoms. The average Bonchev–Trinajstić information content (AvgIpc) is 3.08. The number of carboxylic acids is 1. The normalized spacial score (nSPS) is 17.7. The fourth-order valence-electron chi connectivity index (χ4n) is 3.14. The summed E-state index contributed by atoms with van der Waals surface area (Å²) in [6.07, 6.45) is 1.36. The fourth-order valence-corrected chi connectivity index (χ4v) is 3.14. The van der Waals surface area contributed by atoms with E-state index in [1.165, 1.54) is 22.9 Å². The predicted octanol–water partition coefficient (Wildman–Crippen LogP) is 1.09. The zero-order valence-corrected chi connectivity index (χ0v) is 15.1. The molecule has 28 heavy (non-hydrogen) atoms. The lowest BCUT2D eigenvalue weighted by Crippen LogP contribution is -2.48. The lowest BCUT2D eigenvalue weighted by atomic mass is 9.93. The molecule has 1 aromatic carbocycles. The van der Waals surface area contributed by atoms with Crippen LogP contribution in [-0.2, 0) is 9.53 Å². The lowest BCUT2D eigenvalue weighted by Gasteiger charge is -2.27. The summed E-state index contributed by atoms with van der Waals surface area (Å²) >= 11 is 0. The maximum atomic E-state index is 12.6. The van der Waals surface area contributed by atoms with Gasteiger partial charge in [0.1, 0.15) is 6.04 Å². The average molecular weight is 389 g/mol. The van der Waals surface area contributed by atoms with Crippen LogP contribution >= 0.6 is 0 Å². The second-order valence-corrected chi connectivity index (χ2v) is 6.48.